The average Bonchev–Trinajstić information content (AvgIpc) is 2.33. The molecule has 0 radical (unpaired) electrons. The molecule has 102 valence electrons. The molecule has 0 aliphatic carbocycles. The van der Waals surface area contributed by atoms with Gasteiger partial charge in [0.25, 0.3) is 0 Å². The van der Waals surface area contributed by atoms with Crippen LogP contribution in [0.25, 0.3) is 0 Å². The SMILES string of the molecule is CCCC(COC)NCc1cc(F)c(F)c(F)c1. The molecule has 1 N–H and O–H groups in total. The Kier molecular flexibility index (Phi) is 6.15. The van der Waals surface area contributed by atoms with E-state index in [9.17, 15) is 13.2 Å². The van der Waals surface area contributed by atoms with Crippen LogP contribution in [0.15, 0.2) is 12.1 Å². The first-order valence-corrected chi connectivity index (χ1v) is 5.94. The summed E-state index contributed by atoms with van der Waals surface area (Å²) < 4.78 is 43.8. The third-order valence-corrected chi connectivity index (χ3v) is 2.64. The summed E-state index contributed by atoms with van der Waals surface area (Å²) in [4.78, 5) is 0. The van der Waals surface area contributed by atoms with Gasteiger partial charge in [0.2, 0.25) is 0 Å². The fourth-order valence-corrected chi connectivity index (χ4v) is 1.77. The summed E-state index contributed by atoms with van der Waals surface area (Å²) in [5.41, 5.74) is 0.378. The van der Waals surface area contributed by atoms with Crippen LogP contribution >= 0.6 is 0 Å². The Balaban J connectivity index is 2.61. The lowest BCUT2D eigenvalue weighted by Gasteiger charge is -2.17. The average molecular weight is 261 g/mol. The van der Waals surface area contributed by atoms with E-state index in [1.54, 1.807) is 7.11 Å². The van der Waals surface area contributed by atoms with E-state index >= 15 is 0 Å². The monoisotopic (exact) mass is 261 g/mol. The van der Waals surface area contributed by atoms with Crippen molar-refractivity contribution in [2.45, 2.75) is 32.4 Å². The molecule has 0 amide bonds. The van der Waals surface area contributed by atoms with Gasteiger partial charge in [0.05, 0.1) is 6.61 Å². The van der Waals surface area contributed by atoms with E-state index < -0.39 is 17.5 Å². The van der Waals surface area contributed by atoms with Crippen LogP contribution in [0.3, 0.4) is 0 Å². The van der Waals surface area contributed by atoms with Gasteiger partial charge in [-0.1, -0.05) is 13.3 Å². The number of hydrogen-bond donors (Lipinski definition) is 1. The first-order chi connectivity index (χ1) is 8.58. The molecule has 0 spiro atoms. The zero-order chi connectivity index (χ0) is 13.5. The van der Waals surface area contributed by atoms with E-state index in [1.165, 1.54) is 0 Å². The molecule has 0 saturated heterocycles. The Morgan fingerprint density at radius 2 is 1.83 bits per heavy atom. The zero-order valence-corrected chi connectivity index (χ0v) is 10.6. The summed E-state index contributed by atoms with van der Waals surface area (Å²) in [6, 6.07) is 2.12. The highest BCUT2D eigenvalue weighted by atomic mass is 19.2. The maximum Gasteiger partial charge on any atom is 0.194 e. The lowest BCUT2D eigenvalue weighted by molar-refractivity contribution is 0.161. The van der Waals surface area contributed by atoms with E-state index in [0.29, 0.717) is 12.2 Å². The molecule has 1 aromatic rings. The second-order valence-electron chi connectivity index (χ2n) is 4.20. The van der Waals surface area contributed by atoms with Gasteiger partial charge in [-0.25, -0.2) is 13.2 Å². The van der Waals surface area contributed by atoms with Crippen molar-refractivity contribution in [3.05, 3.63) is 35.1 Å². The molecule has 0 aliphatic heterocycles. The summed E-state index contributed by atoms with van der Waals surface area (Å²) in [6.07, 6.45) is 1.88. The van der Waals surface area contributed by atoms with Gasteiger partial charge in [-0.05, 0) is 24.1 Å². The molecule has 1 atom stereocenters. The smallest absolute Gasteiger partial charge is 0.194 e. The molecule has 0 bridgehead atoms. The van der Waals surface area contributed by atoms with Crippen LogP contribution in [0.4, 0.5) is 13.2 Å². The van der Waals surface area contributed by atoms with Crippen molar-refractivity contribution < 1.29 is 17.9 Å². The molecule has 0 aromatic heterocycles. The van der Waals surface area contributed by atoms with Gasteiger partial charge < -0.3 is 10.1 Å². The Labute approximate surface area is 105 Å². The lowest BCUT2D eigenvalue weighted by Crippen LogP contribution is -2.32. The van der Waals surface area contributed by atoms with Crippen molar-refractivity contribution in [1.29, 1.82) is 0 Å². The number of rotatable bonds is 7. The third-order valence-electron chi connectivity index (χ3n) is 2.64. The van der Waals surface area contributed by atoms with Gasteiger partial charge >= 0.3 is 0 Å². The number of benzene rings is 1. The van der Waals surface area contributed by atoms with Gasteiger partial charge in [0, 0.05) is 19.7 Å². The van der Waals surface area contributed by atoms with E-state index in [0.717, 1.165) is 25.0 Å². The highest BCUT2D eigenvalue weighted by Gasteiger charge is 2.12. The Morgan fingerprint density at radius 1 is 1.22 bits per heavy atom. The van der Waals surface area contributed by atoms with Crippen LogP contribution in [0, 0.1) is 17.5 Å². The van der Waals surface area contributed by atoms with E-state index in [2.05, 4.69) is 5.32 Å². The van der Waals surface area contributed by atoms with E-state index in [4.69, 9.17) is 4.74 Å². The summed E-state index contributed by atoms with van der Waals surface area (Å²) in [7, 11) is 1.60. The largest absolute Gasteiger partial charge is 0.383 e. The Morgan fingerprint density at radius 3 is 2.33 bits per heavy atom. The number of halogens is 3. The molecule has 0 saturated carbocycles. The molecule has 0 aliphatic rings. The summed E-state index contributed by atoms with van der Waals surface area (Å²) in [5, 5.41) is 3.13. The molecule has 5 heteroatoms. The highest BCUT2D eigenvalue weighted by Crippen LogP contribution is 2.13. The Bertz CT molecular complexity index is 355. The number of hydrogen-bond acceptors (Lipinski definition) is 2. The Hall–Kier alpha value is -1.07. The lowest BCUT2D eigenvalue weighted by atomic mass is 10.1. The minimum absolute atomic E-state index is 0.121. The number of methoxy groups -OCH3 is 1. The van der Waals surface area contributed by atoms with Crippen molar-refractivity contribution in [2.24, 2.45) is 0 Å². The standard InChI is InChI=1S/C13H18F3NO/c1-3-4-10(8-18-2)17-7-9-5-11(14)13(16)12(15)6-9/h5-6,10,17H,3-4,7-8H2,1-2H3. The normalized spacial score (nSPS) is 12.7. The first-order valence-electron chi connectivity index (χ1n) is 5.94. The topological polar surface area (TPSA) is 21.3 Å². The van der Waals surface area contributed by atoms with Crippen LogP contribution in [0.5, 0.6) is 0 Å². The summed E-state index contributed by atoms with van der Waals surface area (Å²) in [6.45, 7) is 2.85. The zero-order valence-electron chi connectivity index (χ0n) is 10.6. The first kappa shape index (κ1) is 15.0. The quantitative estimate of drug-likeness (QED) is 0.762. The van der Waals surface area contributed by atoms with Crippen LogP contribution in [-0.2, 0) is 11.3 Å². The highest BCUT2D eigenvalue weighted by molar-refractivity contribution is 5.19. The maximum atomic E-state index is 13.0. The fraction of sp³-hybridized carbons (Fsp3) is 0.538. The second-order valence-corrected chi connectivity index (χ2v) is 4.20. The van der Waals surface area contributed by atoms with Crippen molar-refractivity contribution >= 4 is 0 Å². The van der Waals surface area contributed by atoms with Crippen LogP contribution in [0.1, 0.15) is 25.3 Å². The molecule has 1 aromatic carbocycles. The molecule has 0 heterocycles. The molecule has 2 nitrogen and oxygen atoms in total. The summed E-state index contributed by atoms with van der Waals surface area (Å²) in [5.74, 6) is -3.75. The van der Waals surface area contributed by atoms with Crippen molar-refractivity contribution in [3.63, 3.8) is 0 Å². The molecule has 1 rings (SSSR count). The molecular weight excluding hydrogens is 243 g/mol. The molecule has 0 fully saturated rings. The van der Waals surface area contributed by atoms with Crippen molar-refractivity contribution in [1.82, 2.24) is 5.32 Å². The fourth-order valence-electron chi connectivity index (χ4n) is 1.77. The maximum absolute atomic E-state index is 13.0. The van der Waals surface area contributed by atoms with Gasteiger partial charge in [0.15, 0.2) is 17.5 Å². The van der Waals surface area contributed by atoms with Crippen LogP contribution in [0.2, 0.25) is 0 Å². The minimum atomic E-state index is -1.43. The van der Waals surface area contributed by atoms with Crippen LogP contribution < -0.4 is 5.32 Å². The predicted octanol–water partition coefficient (Wildman–Crippen LogP) is 3.01. The van der Waals surface area contributed by atoms with E-state index in [1.807, 2.05) is 6.92 Å². The number of ether oxygens (including phenoxy) is 1. The molecular formula is C13H18F3NO. The summed E-state index contributed by atoms with van der Waals surface area (Å²) >= 11 is 0. The van der Waals surface area contributed by atoms with Gasteiger partial charge in [0.1, 0.15) is 0 Å². The van der Waals surface area contributed by atoms with E-state index in [-0.39, 0.29) is 12.6 Å². The number of nitrogens with one attached hydrogen (secondary N) is 1. The molecule has 18 heavy (non-hydrogen) atoms. The third kappa shape index (κ3) is 4.31. The van der Waals surface area contributed by atoms with Gasteiger partial charge in [-0.15, -0.1) is 0 Å². The van der Waals surface area contributed by atoms with Crippen molar-refractivity contribution in [3.8, 4) is 0 Å². The second kappa shape index (κ2) is 7.38. The van der Waals surface area contributed by atoms with Gasteiger partial charge in [-0.2, -0.15) is 0 Å². The van der Waals surface area contributed by atoms with Crippen molar-refractivity contribution in [2.75, 3.05) is 13.7 Å². The van der Waals surface area contributed by atoms with Crippen LogP contribution in [-0.4, -0.2) is 19.8 Å². The predicted molar refractivity (Wildman–Crippen MR) is 63.7 cm³/mol. The molecule has 1 unspecified atom stereocenters. The minimum Gasteiger partial charge on any atom is -0.383 e. The van der Waals surface area contributed by atoms with Gasteiger partial charge in [-0.3, -0.25) is 0 Å².